The summed E-state index contributed by atoms with van der Waals surface area (Å²) >= 11 is 0. The Morgan fingerprint density at radius 2 is 0.300 bits per heavy atom. The van der Waals surface area contributed by atoms with E-state index < -0.39 is 0 Å². The first-order valence-electron chi connectivity index (χ1n) is 4.50. The molecule has 1 aliphatic carbocycles. The summed E-state index contributed by atoms with van der Waals surface area (Å²) in [6.45, 7) is 30.0. The van der Waals surface area contributed by atoms with Gasteiger partial charge in [0.1, 0.15) is 0 Å². The van der Waals surface area contributed by atoms with Gasteiger partial charge in [0.05, 0.1) is 0 Å². The third-order valence-electron chi connectivity index (χ3n) is 1.000. The van der Waals surface area contributed by atoms with Gasteiger partial charge in [0.2, 0.25) is 0 Å². The lowest BCUT2D eigenvalue weighted by molar-refractivity contribution is 0.504. The van der Waals surface area contributed by atoms with Crippen LogP contribution in [0.15, 0.2) is 65.8 Å². The minimum Gasteiger partial charge on any atom is -0.106 e. The molecule has 0 spiro atoms. The molecule has 132 valence electrons. The predicted molar refractivity (Wildman–Crippen MR) is 115 cm³/mol. The zero-order valence-electron chi connectivity index (χ0n) is 9.90. The Morgan fingerprint density at radius 3 is 0.300 bits per heavy atom. The molecule has 0 nitrogen and oxygen atoms in total. The molecule has 0 aliphatic heterocycles. The molecule has 1 saturated carbocycles. The van der Waals surface area contributed by atoms with Crippen LogP contribution in [0.2, 0.25) is 0 Å². The Kier molecular flexibility index (Phi) is 3350. The maximum atomic E-state index is 3.00. The first-order chi connectivity index (χ1) is 7.00. The fourth-order valence-corrected chi connectivity index (χ4v) is 0.250. The molecule has 1 fully saturated rings. The summed E-state index contributed by atoms with van der Waals surface area (Å²) in [4.78, 5) is 0. The third kappa shape index (κ3) is 565. The van der Waals surface area contributed by atoms with E-state index in [1.165, 1.54) is 25.7 Å². The smallest absolute Gasteiger partial charge is 0.0533 e. The van der Waals surface area contributed by atoms with Crippen LogP contribution in [0.1, 0.15) is 70.2 Å². The van der Waals surface area contributed by atoms with E-state index in [0.29, 0.717) is 0 Å². The molecule has 0 N–H and O–H groups in total. The molecule has 0 heterocycles. The molecule has 1 rings (SSSR count). The van der Waals surface area contributed by atoms with Crippen molar-refractivity contribution in [1.82, 2.24) is 0 Å². The lowest BCUT2D eigenvalue weighted by Crippen LogP contribution is -1.85. The van der Waals surface area contributed by atoms with Crippen molar-refractivity contribution in [3.05, 3.63) is 65.8 Å². The largest absolute Gasteiger partial charge is 0.106 e. The van der Waals surface area contributed by atoms with Crippen LogP contribution in [-0.4, -0.2) is 0 Å². The molecule has 0 saturated heterocycles. The van der Waals surface area contributed by atoms with Gasteiger partial charge in [0, 0.05) is 0 Å². The second-order valence-electron chi connectivity index (χ2n) is 1.41. The van der Waals surface area contributed by atoms with E-state index in [-0.39, 0.29) is 44.6 Å². The average molecular weight is 293 g/mol. The first kappa shape index (κ1) is 98.8. The fraction of sp³-hybridized carbons (Fsp3) is 0.500. The van der Waals surface area contributed by atoms with Crippen LogP contribution in [0.25, 0.3) is 0 Å². The Bertz CT molecular complexity index is 37.4. The quantitative estimate of drug-likeness (QED) is 0.390. The lowest BCUT2D eigenvalue weighted by Gasteiger charge is -2.05. The van der Waals surface area contributed by atoms with Crippen molar-refractivity contribution in [3.63, 3.8) is 0 Å². The Balaban J connectivity index is -0.00000000528. The van der Waals surface area contributed by atoms with E-state index in [2.05, 4.69) is 65.8 Å². The summed E-state index contributed by atoms with van der Waals surface area (Å²) in [5.74, 6) is 0. The molecule has 0 atom stereocenters. The maximum Gasteiger partial charge on any atom is -0.0533 e. The normalized spacial score (nSPS) is 5.80. The zero-order chi connectivity index (χ0) is 12.8. The van der Waals surface area contributed by atoms with E-state index in [1.54, 1.807) is 0 Å². The van der Waals surface area contributed by atoms with Crippen LogP contribution >= 0.6 is 0 Å². The predicted octanol–water partition coefficient (Wildman–Crippen LogP) is 9.39. The molecular weight excluding hydrogens is 240 g/mol. The number of hydrogen-bond donors (Lipinski definition) is 0. The second-order valence-corrected chi connectivity index (χ2v) is 1.41. The summed E-state index contributed by atoms with van der Waals surface area (Å²) in [5.41, 5.74) is 0. The van der Waals surface area contributed by atoms with Crippen molar-refractivity contribution in [2.24, 2.45) is 0 Å². The SMILES string of the molecule is C.C.C.C.C.C.C1CCC1.C=C.C=C.C=C.C=C.C=C. The van der Waals surface area contributed by atoms with Gasteiger partial charge in [-0.15, -0.1) is 65.8 Å². The third-order valence-corrected chi connectivity index (χ3v) is 1.000. The highest BCUT2D eigenvalue weighted by Crippen LogP contribution is 2.15. The van der Waals surface area contributed by atoms with Gasteiger partial charge in [-0.2, -0.15) is 0 Å². The monoisotopic (exact) mass is 292 g/mol. The minimum absolute atomic E-state index is 0. The molecule has 0 radical (unpaired) electrons. The van der Waals surface area contributed by atoms with E-state index in [9.17, 15) is 0 Å². The van der Waals surface area contributed by atoms with Gasteiger partial charge < -0.3 is 0 Å². The van der Waals surface area contributed by atoms with Gasteiger partial charge >= 0.3 is 0 Å². The maximum absolute atomic E-state index is 3.00. The summed E-state index contributed by atoms with van der Waals surface area (Å²) in [6, 6.07) is 0. The summed E-state index contributed by atoms with van der Waals surface area (Å²) in [6.07, 6.45) is 6.00. The van der Waals surface area contributed by atoms with Gasteiger partial charge in [-0.1, -0.05) is 70.2 Å². The zero-order valence-corrected chi connectivity index (χ0v) is 9.90. The molecule has 1 aliphatic rings. The van der Waals surface area contributed by atoms with Gasteiger partial charge in [-0.25, -0.2) is 0 Å². The van der Waals surface area contributed by atoms with Crippen LogP contribution in [0, 0.1) is 0 Å². The fourth-order valence-electron chi connectivity index (χ4n) is 0.250. The second kappa shape index (κ2) is 677. The van der Waals surface area contributed by atoms with Crippen molar-refractivity contribution in [3.8, 4) is 0 Å². The number of hydrogen-bond acceptors (Lipinski definition) is 0. The molecule has 20 heavy (non-hydrogen) atoms. The van der Waals surface area contributed by atoms with Gasteiger partial charge in [0.25, 0.3) is 0 Å². The Hall–Kier alpha value is -1.30. The molecule has 0 aromatic carbocycles. The lowest BCUT2D eigenvalue weighted by atomic mass is 10.0. The van der Waals surface area contributed by atoms with Gasteiger partial charge in [-0.05, 0) is 0 Å². The Labute approximate surface area is 136 Å². The van der Waals surface area contributed by atoms with Crippen LogP contribution in [-0.2, 0) is 0 Å². The molecular formula is C20H52. The van der Waals surface area contributed by atoms with Crippen LogP contribution in [0.5, 0.6) is 0 Å². The van der Waals surface area contributed by atoms with Gasteiger partial charge in [-0.3, -0.25) is 0 Å². The van der Waals surface area contributed by atoms with Crippen molar-refractivity contribution in [2.45, 2.75) is 70.2 Å². The standard InChI is InChI=1S/C4H8.5C2H4.6CH4/c1-2-4-3-1;5*1-2;;;;;;/h1-4H2;5*1-2H2;6*1H4. The molecule has 0 unspecified atom stereocenters. The summed E-state index contributed by atoms with van der Waals surface area (Å²) in [5, 5.41) is 0. The summed E-state index contributed by atoms with van der Waals surface area (Å²) in [7, 11) is 0. The molecule has 0 bridgehead atoms. The minimum atomic E-state index is 0. The Morgan fingerprint density at radius 1 is 0.250 bits per heavy atom. The molecule has 0 aromatic rings. The van der Waals surface area contributed by atoms with E-state index in [1.807, 2.05) is 0 Å². The van der Waals surface area contributed by atoms with Gasteiger partial charge in [0.15, 0.2) is 0 Å². The average Bonchev–Trinajstić information content (AvgIpc) is 2.29. The topological polar surface area (TPSA) is 0 Å². The van der Waals surface area contributed by atoms with E-state index in [0.717, 1.165) is 0 Å². The van der Waals surface area contributed by atoms with E-state index >= 15 is 0 Å². The van der Waals surface area contributed by atoms with Crippen LogP contribution in [0.4, 0.5) is 0 Å². The highest BCUT2D eigenvalue weighted by molar-refractivity contribution is 4.50. The molecule has 0 amide bonds. The highest BCUT2D eigenvalue weighted by Gasteiger charge is 1.95. The molecule has 0 aromatic heterocycles. The highest BCUT2D eigenvalue weighted by atomic mass is 14.0. The van der Waals surface area contributed by atoms with Crippen molar-refractivity contribution in [2.75, 3.05) is 0 Å². The van der Waals surface area contributed by atoms with E-state index in [4.69, 9.17) is 0 Å². The first-order valence-corrected chi connectivity index (χ1v) is 4.50. The molecule has 0 heteroatoms. The van der Waals surface area contributed by atoms with Crippen molar-refractivity contribution >= 4 is 0 Å². The van der Waals surface area contributed by atoms with Crippen molar-refractivity contribution in [1.29, 1.82) is 0 Å². The van der Waals surface area contributed by atoms with Crippen LogP contribution < -0.4 is 0 Å². The van der Waals surface area contributed by atoms with Crippen molar-refractivity contribution < 1.29 is 0 Å². The van der Waals surface area contributed by atoms with Crippen LogP contribution in [0.3, 0.4) is 0 Å². The number of rotatable bonds is 0. The summed E-state index contributed by atoms with van der Waals surface area (Å²) < 4.78 is 0.